The van der Waals surface area contributed by atoms with Crippen LogP contribution in [0.15, 0.2) is 450 Å². The summed E-state index contributed by atoms with van der Waals surface area (Å²) >= 11 is 10.7. The van der Waals surface area contributed by atoms with Gasteiger partial charge >= 0.3 is 0 Å². The zero-order valence-electron chi connectivity index (χ0n) is 70.0. The predicted molar refractivity (Wildman–Crippen MR) is 544 cm³/mol. The molecule has 6 heteroatoms. The summed E-state index contributed by atoms with van der Waals surface area (Å²) in [5.74, 6) is 0. The summed E-state index contributed by atoms with van der Waals surface area (Å²) < 4.78 is 10.6. The lowest BCUT2D eigenvalue weighted by atomic mass is 9.82. The van der Waals surface area contributed by atoms with Gasteiger partial charge in [-0.2, -0.15) is 0 Å². The van der Waals surface area contributed by atoms with Gasteiger partial charge in [-0.05, 0) is 255 Å². The highest BCUT2D eigenvalue weighted by Gasteiger charge is 2.37. The molecule has 0 saturated heterocycles. The number of rotatable bonds is 11. The minimum absolute atomic E-state index is 0.00169. The molecule has 600 valence electrons. The van der Waals surface area contributed by atoms with Gasteiger partial charge in [-0.15, -0.1) is 0 Å². The van der Waals surface area contributed by atoms with E-state index in [1.165, 1.54) is 216 Å². The number of para-hydroxylation sites is 3. The molecule has 0 fully saturated rings. The molecule has 24 rings (SSSR count). The highest BCUT2D eigenvalue weighted by Crippen LogP contribution is 2.53. The van der Waals surface area contributed by atoms with Crippen LogP contribution in [-0.2, 0) is 10.8 Å². The van der Waals surface area contributed by atoms with E-state index in [1.54, 1.807) is 0 Å². The standard InChI is InChI=1S/C42H28BrN.2C39H28BrN/c43-36-22-18-30(19-23-36)32-14-9-15-33(26-32)35-20-24-38-37-16-7-8-17-40(37)44(42(38)28-35)41-25-21-34(29-10-3-1-4-11-29)27-39(41)31-12-5-2-6-13-31;1-39(2)35-12-5-3-10-31(35)32-21-19-30(24-36(32)39)41-37-13-6-4-11-33(37)34-20-16-28(23-38(34)41)27-9-7-8-26(22-27)25-14-17-29(40)18-15-25;1-39(2)35-12-5-3-10-31(35)34-24-30(19-21-36(34)39)41-37-13-6-4-11-32(37)33-20-16-28(23-38(33)41)27-9-7-8-26(22-27)25-14-17-29(40)18-15-25/h1-28H;2*3-24H,1-2H3. The summed E-state index contributed by atoms with van der Waals surface area (Å²) in [5, 5.41) is 7.61. The minimum atomic E-state index is -0.0423. The molecule has 0 radical (unpaired) electrons. The predicted octanol–water partition coefficient (Wildman–Crippen LogP) is 34.6. The fraction of sp³-hybridized carbons (Fsp3) is 0.0500. The first-order chi connectivity index (χ1) is 61.7. The molecule has 2 aliphatic rings. The fourth-order valence-electron chi connectivity index (χ4n) is 19.9. The Morgan fingerprint density at radius 3 is 0.921 bits per heavy atom. The van der Waals surface area contributed by atoms with Crippen LogP contribution in [0.1, 0.15) is 49.9 Å². The summed E-state index contributed by atoms with van der Waals surface area (Å²) in [7, 11) is 0. The fourth-order valence-corrected chi connectivity index (χ4v) is 20.7. The first kappa shape index (κ1) is 78.0. The average Bonchev–Trinajstić information content (AvgIpc) is 1.62. The maximum absolute atomic E-state index is 3.57. The normalized spacial score (nSPS) is 12.7. The van der Waals surface area contributed by atoms with Crippen LogP contribution in [0.3, 0.4) is 0 Å². The minimum Gasteiger partial charge on any atom is -0.309 e. The quantitative estimate of drug-likeness (QED) is 0.123. The third-order valence-corrected chi connectivity index (χ3v) is 27.8. The summed E-state index contributed by atoms with van der Waals surface area (Å²) in [6, 6.07) is 159. The Morgan fingerprint density at radius 1 is 0.167 bits per heavy atom. The van der Waals surface area contributed by atoms with Crippen molar-refractivity contribution in [3.05, 3.63) is 472 Å². The van der Waals surface area contributed by atoms with Gasteiger partial charge in [0.05, 0.1) is 38.8 Å². The van der Waals surface area contributed by atoms with E-state index in [4.69, 9.17) is 0 Å². The SMILES string of the molecule is Brc1ccc(-c2cccc(-c3ccc4c5ccccc5n(-c5ccc(-c6ccccc6)cc5-c5ccccc5)c4c3)c2)cc1.CC1(C)c2ccccc2-c2cc(-n3c4ccccc4c4ccc(-c5cccc(-c6ccc(Br)cc6)c5)cc43)ccc21.CC1(C)c2ccccc2-c2ccc(-n3c4ccccc4c4ccc(-c5cccc(-c6ccc(Br)cc6)c5)cc43)cc21. The van der Waals surface area contributed by atoms with Crippen LogP contribution in [0.4, 0.5) is 0 Å². The van der Waals surface area contributed by atoms with E-state index in [2.05, 4.69) is 526 Å². The molecule has 2 aliphatic carbocycles. The molecule has 0 spiro atoms. The Kier molecular flexibility index (Phi) is 19.8. The van der Waals surface area contributed by atoms with Gasteiger partial charge in [-0.25, -0.2) is 0 Å². The number of halogens is 3. The van der Waals surface area contributed by atoms with Gasteiger partial charge in [-0.1, -0.05) is 385 Å². The lowest BCUT2D eigenvalue weighted by Gasteiger charge is -2.22. The molecular weight excluding hydrogens is 1720 g/mol. The van der Waals surface area contributed by atoms with Gasteiger partial charge in [0.1, 0.15) is 0 Å². The third kappa shape index (κ3) is 13.9. The summed E-state index contributed by atoms with van der Waals surface area (Å²) in [6.45, 7) is 9.38. The lowest BCUT2D eigenvalue weighted by molar-refractivity contribution is 0.660. The van der Waals surface area contributed by atoms with Crippen LogP contribution in [0.2, 0.25) is 0 Å². The first-order valence-corrected chi connectivity index (χ1v) is 45.5. The Morgan fingerprint density at radius 2 is 0.460 bits per heavy atom. The Hall–Kier alpha value is -14.0. The summed E-state index contributed by atoms with van der Waals surface area (Å²) in [4.78, 5) is 0. The number of benzene rings is 19. The van der Waals surface area contributed by atoms with Crippen LogP contribution in [0.5, 0.6) is 0 Å². The summed E-state index contributed by atoms with van der Waals surface area (Å²) in [5.41, 5.74) is 41.2. The van der Waals surface area contributed by atoms with Gasteiger partial charge in [0.15, 0.2) is 0 Å². The number of fused-ring (bicyclic) bond motifs is 15. The topological polar surface area (TPSA) is 14.8 Å². The van der Waals surface area contributed by atoms with Gasteiger partial charge in [-0.3, -0.25) is 0 Å². The highest BCUT2D eigenvalue weighted by atomic mass is 79.9. The van der Waals surface area contributed by atoms with Crippen molar-refractivity contribution in [1.29, 1.82) is 0 Å². The molecule has 22 aromatic rings. The molecule has 19 aromatic carbocycles. The maximum atomic E-state index is 3.57. The second-order valence-electron chi connectivity index (χ2n) is 34.3. The van der Waals surface area contributed by atoms with Crippen LogP contribution in [-0.4, -0.2) is 13.7 Å². The van der Waals surface area contributed by atoms with E-state index >= 15 is 0 Å². The van der Waals surface area contributed by atoms with Crippen LogP contribution >= 0.6 is 47.8 Å². The van der Waals surface area contributed by atoms with Crippen molar-refractivity contribution in [1.82, 2.24) is 13.7 Å². The second kappa shape index (κ2) is 32.0. The summed E-state index contributed by atoms with van der Waals surface area (Å²) in [6.07, 6.45) is 0. The zero-order chi connectivity index (χ0) is 84.9. The molecule has 0 saturated carbocycles. The molecule has 0 unspecified atom stereocenters. The number of aromatic nitrogens is 3. The van der Waals surface area contributed by atoms with Gasteiger partial charge in [0.2, 0.25) is 0 Å². The smallest absolute Gasteiger partial charge is 0.0547 e. The van der Waals surface area contributed by atoms with Crippen LogP contribution in [0.25, 0.3) is 194 Å². The van der Waals surface area contributed by atoms with E-state index < -0.39 is 0 Å². The third-order valence-electron chi connectivity index (χ3n) is 26.2. The number of hydrogen-bond donors (Lipinski definition) is 0. The highest BCUT2D eigenvalue weighted by molar-refractivity contribution is 9.11. The number of hydrogen-bond acceptors (Lipinski definition) is 0. The Labute approximate surface area is 759 Å². The molecular formula is C120H84Br3N3. The molecule has 3 nitrogen and oxygen atoms in total. The molecule has 3 heterocycles. The lowest BCUT2D eigenvalue weighted by Crippen LogP contribution is -2.15. The molecule has 3 aromatic heterocycles. The van der Waals surface area contributed by atoms with Crippen molar-refractivity contribution in [2.75, 3.05) is 0 Å². The second-order valence-corrected chi connectivity index (χ2v) is 37.0. The molecule has 126 heavy (non-hydrogen) atoms. The monoisotopic (exact) mass is 1800 g/mol. The molecule has 0 aliphatic heterocycles. The first-order valence-electron chi connectivity index (χ1n) is 43.1. The van der Waals surface area contributed by atoms with E-state index in [-0.39, 0.29) is 10.8 Å². The van der Waals surface area contributed by atoms with E-state index in [0.29, 0.717) is 0 Å². The van der Waals surface area contributed by atoms with Gasteiger partial charge in [0, 0.05) is 73.5 Å². The van der Waals surface area contributed by atoms with Crippen LogP contribution < -0.4 is 0 Å². The van der Waals surface area contributed by atoms with E-state index in [9.17, 15) is 0 Å². The average molecular weight is 1810 g/mol. The van der Waals surface area contributed by atoms with E-state index in [0.717, 1.165) is 13.4 Å². The van der Waals surface area contributed by atoms with E-state index in [1.807, 2.05) is 0 Å². The molecule has 0 bridgehead atoms. The van der Waals surface area contributed by atoms with Gasteiger partial charge in [0.25, 0.3) is 0 Å². The molecule has 0 N–H and O–H groups in total. The zero-order valence-corrected chi connectivity index (χ0v) is 74.8. The maximum Gasteiger partial charge on any atom is 0.0547 e. The largest absolute Gasteiger partial charge is 0.309 e. The van der Waals surface area contributed by atoms with Crippen molar-refractivity contribution >= 4 is 113 Å². The van der Waals surface area contributed by atoms with Crippen molar-refractivity contribution < 1.29 is 0 Å². The molecule has 0 amide bonds. The van der Waals surface area contributed by atoms with Crippen molar-refractivity contribution in [2.45, 2.75) is 38.5 Å². The molecule has 0 atom stereocenters. The Bertz CT molecular complexity index is 8020. The Balaban J connectivity index is 0.000000112. The van der Waals surface area contributed by atoms with Crippen molar-refractivity contribution in [3.63, 3.8) is 0 Å². The number of nitrogens with zero attached hydrogens (tertiary/aromatic N) is 3. The van der Waals surface area contributed by atoms with Gasteiger partial charge < -0.3 is 13.7 Å². The van der Waals surface area contributed by atoms with Crippen molar-refractivity contribution in [3.8, 4) is 128 Å². The van der Waals surface area contributed by atoms with Crippen molar-refractivity contribution in [2.24, 2.45) is 0 Å². The van der Waals surface area contributed by atoms with Crippen LogP contribution in [0, 0.1) is 0 Å².